The highest BCUT2D eigenvalue weighted by Crippen LogP contribution is 2.30. The second-order valence-corrected chi connectivity index (χ2v) is 5.47. The number of carbonyl (C=O) groups is 2. The molecule has 1 aromatic carbocycles. The third-order valence-electron chi connectivity index (χ3n) is 2.16. The molecule has 116 valence electrons. The average molecular weight is 325 g/mol. The minimum atomic E-state index is -5.88. The lowest BCUT2D eigenvalue weighted by atomic mass is 10.1. The molecule has 0 unspecified atom stereocenters. The minimum absolute atomic E-state index is 0.115. The Hall–Kier alpha value is -2.10. The third-order valence-corrected chi connectivity index (χ3v) is 3.13. The molecule has 0 aromatic heterocycles. The van der Waals surface area contributed by atoms with E-state index in [1.54, 1.807) is 0 Å². The summed E-state index contributed by atoms with van der Waals surface area (Å²) in [5.41, 5.74) is -5.91. The summed E-state index contributed by atoms with van der Waals surface area (Å²) in [4.78, 5) is 22.2. The first-order chi connectivity index (χ1) is 9.44. The molecule has 0 saturated carbocycles. The number of rotatable bonds is 4. The quantitative estimate of drug-likeness (QED) is 0.520. The van der Waals surface area contributed by atoms with E-state index < -0.39 is 38.6 Å². The SMILES string of the molecule is CC(=O)Nc1ccc(OS(=O)(=O)C(F)(F)F)c(C(C)=O)c1. The van der Waals surface area contributed by atoms with Gasteiger partial charge >= 0.3 is 15.6 Å². The number of halogens is 3. The van der Waals surface area contributed by atoms with Crippen molar-refractivity contribution in [2.24, 2.45) is 0 Å². The van der Waals surface area contributed by atoms with Gasteiger partial charge in [0.1, 0.15) is 0 Å². The first-order valence-corrected chi connectivity index (χ1v) is 6.78. The van der Waals surface area contributed by atoms with Crippen molar-refractivity contribution in [1.29, 1.82) is 0 Å². The van der Waals surface area contributed by atoms with Crippen LogP contribution in [-0.4, -0.2) is 25.6 Å². The average Bonchev–Trinajstić information content (AvgIpc) is 2.28. The number of hydrogen-bond acceptors (Lipinski definition) is 5. The fourth-order valence-electron chi connectivity index (χ4n) is 1.32. The Bertz CT molecular complexity index is 682. The molecule has 0 aliphatic carbocycles. The van der Waals surface area contributed by atoms with Crippen LogP contribution in [0.5, 0.6) is 5.75 Å². The van der Waals surface area contributed by atoms with E-state index >= 15 is 0 Å². The predicted octanol–water partition coefficient (Wildman–Crippen LogP) is 2.08. The fourth-order valence-corrected chi connectivity index (χ4v) is 1.80. The lowest BCUT2D eigenvalue weighted by Crippen LogP contribution is -2.28. The van der Waals surface area contributed by atoms with E-state index in [0.29, 0.717) is 0 Å². The normalized spacial score (nSPS) is 11.9. The van der Waals surface area contributed by atoms with Gasteiger partial charge in [0.15, 0.2) is 11.5 Å². The van der Waals surface area contributed by atoms with Gasteiger partial charge in [-0.3, -0.25) is 9.59 Å². The molecule has 0 heterocycles. The van der Waals surface area contributed by atoms with E-state index in [4.69, 9.17) is 0 Å². The van der Waals surface area contributed by atoms with E-state index in [2.05, 4.69) is 9.50 Å². The molecule has 0 fully saturated rings. The van der Waals surface area contributed by atoms with Gasteiger partial charge in [-0.25, -0.2) is 0 Å². The van der Waals surface area contributed by atoms with Gasteiger partial charge in [0, 0.05) is 12.6 Å². The van der Waals surface area contributed by atoms with Crippen molar-refractivity contribution in [3.63, 3.8) is 0 Å². The second-order valence-electron chi connectivity index (χ2n) is 3.93. The van der Waals surface area contributed by atoms with Crippen LogP contribution in [0.15, 0.2) is 18.2 Å². The van der Waals surface area contributed by atoms with Crippen LogP contribution in [0.25, 0.3) is 0 Å². The van der Waals surface area contributed by atoms with E-state index in [1.165, 1.54) is 6.92 Å². The molecule has 0 radical (unpaired) electrons. The van der Waals surface area contributed by atoms with Crippen LogP contribution < -0.4 is 9.50 Å². The Morgan fingerprint density at radius 2 is 1.76 bits per heavy atom. The van der Waals surface area contributed by atoms with Crippen LogP contribution in [0.4, 0.5) is 18.9 Å². The molecule has 0 aliphatic heterocycles. The van der Waals surface area contributed by atoms with E-state index in [9.17, 15) is 31.2 Å². The topological polar surface area (TPSA) is 89.5 Å². The van der Waals surface area contributed by atoms with Crippen LogP contribution >= 0.6 is 0 Å². The Labute approximate surface area is 118 Å². The molecule has 1 amide bonds. The number of ketones is 1. The minimum Gasteiger partial charge on any atom is -0.375 e. The maximum absolute atomic E-state index is 12.2. The van der Waals surface area contributed by atoms with E-state index in [0.717, 1.165) is 25.1 Å². The van der Waals surface area contributed by atoms with Crippen LogP contribution in [0.1, 0.15) is 24.2 Å². The van der Waals surface area contributed by atoms with Crippen LogP contribution in [-0.2, 0) is 14.9 Å². The predicted molar refractivity (Wildman–Crippen MR) is 66.4 cm³/mol. The highest BCUT2D eigenvalue weighted by atomic mass is 32.2. The molecule has 1 aromatic rings. The van der Waals surface area contributed by atoms with Crippen molar-refractivity contribution in [1.82, 2.24) is 0 Å². The zero-order chi connectivity index (χ0) is 16.4. The Balaban J connectivity index is 3.26. The molecule has 6 nitrogen and oxygen atoms in total. The summed E-state index contributed by atoms with van der Waals surface area (Å²) >= 11 is 0. The summed E-state index contributed by atoms with van der Waals surface area (Å²) in [6.07, 6.45) is 0. The number of amides is 1. The first-order valence-electron chi connectivity index (χ1n) is 5.37. The van der Waals surface area contributed by atoms with E-state index in [1.807, 2.05) is 0 Å². The van der Waals surface area contributed by atoms with Crippen molar-refractivity contribution >= 4 is 27.5 Å². The van der Waals surface area contributed by atoms with Crippen molar-refractivity contribution in [2.45, 2.75) is 19.4 Å². The highest BCUT2D eigenvalue weighted by Gasteiger charge is 2.48. The standard InChI is InChI=1S/C11H10F3NO5S/c1-6(16)9-5-8(15-7(2)17)3-4-10(9)20-21(18,19)11(12,13)14/h3-5H,1-2H3,(H,15,17). The molecule has 10 heteroatoms. The van der Waals surface area contributed by atoms with Crippen LogP contribution in [0, 0.1) is 0 Å². The number of benzene rings is 1. The molecule has 0 spiro atoms. The monoisotopic (exact) mass is 325 g/mol. The summed E-state index contributed by atoms with van der Waals surface area (Å²) in [5.74, 6) is -1.97. The highest BCUT2D eigenvalue weighted by molar-refractivity contribution is 7.88. The van der Waals surface area contributed by atoms with Crippen LogP contribution in [0.2, 0.25) is 0 Å². The van der Waals surface area contributed by atoms with Crippen molar-refractivity contribution in [2.75, 3.05) is 5.32 Å². The summed E-state index contributed by atoms with van der Waals surface area (Å²) in [6, 6.07) is 2.98. The Morgan fingerprint density at radius 3 is 2.19 bits per heavy atom. The molecular weight excluding hydrogens is 315 g/mol. The van der Waals surface area contributed by atoms with Crippen molar-refractivity contribution in [3.8, 4) is 5.75 Å². The van der Waals surface area contributed by atoms with Crippen LogP contribution in [0.3, 0.4) is 0 Å². The summed E-state index contributed by atoms with van der Waals surface area (Å²) in [6.45, 7) is 2.20. The molecule has 0 saturated heterocycles. The van der Waals surface area contributed by atoms with Crippen molar-refractivity contribution < 1.29 is 35.4 Å². The zero-order valence-corrected chi connectivity index (χ0v) is 11.6. The summed E-state index contributed by atoms with van der Waals surface area (Å²) in [7, 11) is -5.88. The largest absolute Gasteiger partial charge is 0.534 e. The number of carbonyl (C=O) groups excluding carboxylic acids is 2. The first kappa shape index (κ1) is 17.0. The van der Waals surface area contributed by atoms with Gasteiger partial charge in [-0.15, -0.1) is 0 Å². The van der Waals surface area contributed by atoms with Crippen molar-refractivity contribution in [3.05, 3.63) is 23.8 Å². The van der Waals surface area contributed by atoms with Gasteiger partial charge in [0.2, 0.25) is 5.91 Å². The number of Topliss-reactive ketones (excluding diaryl/α,β-unsaturated/α-hetero) is 1. The molecule has 21 heavy (non-hydrogen) atoms. The number of anilines is 1. The summed E-state index contributed by atoms with van der Waals surface area (Å²) in [5, 5.41) is 2.30. The lowest BCUT2D eigenvalue weighted by molar-refractivity contribution is -0.114. The maximum Gasteiger partial charge on any atom is 0.534 e. The van der Waals surface area contributed by atoms with Gasteiger partial charge in [0.05, 0.1) is 5.56 Å². The van der Waals surface area contributed by atoms with Gasteiger partial charge < -0.3 is 9.50 Å². The molecule has 0 atom stereocenters. The Kier molecular flexibility index (Phi) is 4.62. The van der Waals surface area contributed by atoms with Gasteiger partial charge in [-0.05, 0) is 25.1 Å². The Morgan fingerprint density at radius 1 is 1.19 bits per heavy atom. The number of alkyl halides is 3. The smallest absolute Gasteiger partial charge is 0.375 e. The molecular formula is C11H10F3NO5S. The lowest BCUT2D eigenvalue weighted by Gasteiger charge is -2.13. The summed E-state index contributed by atoms with van der Waals surface area (Å²) < 4.78 is 62.5. The molecule has 0 aliphatic rings. The van der Waals surface area contributed by atoms with Gasteiger partial charge in [0.25, 0.3) is 0 Å². The molecule has 1 rings (SSSR count). The fraction of sp³-hybridized carbons (Fsp3) is 0.273. The third kappa shape index (κ3) is 4.18. The van der Waals surface area contributed by atoms with Gasteiger partial charge in [-0.2, -0.15) is 21.6 Å². The number of hydrogen-bond donors (Lipinski definition) is 1. The zero-order valence-electron chi connectivity index (χ0n) is 10.8. The van der Waals surface area contributed by atoms with Gasteiger partial charge in [-0.1, -0.05) is 0 Å². The molecule has 1 N–H and O–H groups in total. The maximum atomic E-state index is 12.2. The number of nitrogens with one attached hydrogen (secondary N) is 1. The molecule has 0 bridgehead atoms. The second kappa shape index (κ2) is 5.72. The van der Waals surface area contributed by atoms with E-state index in [-0.39, 0.29) is 5.69 Å².